The topological polar surface area (TPSA) is 103 Å². The minimum absolute atomic E-state index is 0.00600. The predicted octanol–water partition coefficient (Wildman–Crippen LogP) is 0.184. The van der Waals surface area contributed by atoms with Gasteiger partial charge >= 0.3 is 0 Å². The van der Waals surface area contributed by atoms with E-state index < -0.39 is 10.0 Å². The smallest absolute Gasteiger partial charge is 0.246 e. The van der Waals surface area contributed by atoms with E-state index in [1.807, 2.05) is 0 Å². The molecule has 19 heavy (non-hydrogen) atoms. The molecule has 0 aromatic carbocycles. The number of nitrogens with two attached hydrogens (primary N) is 1. The van der Waals surface area contributed by atoms with Gasteiger partial charge in [-0.2, -0.15) is 5.10 Å². The Morgan fingerprint density at radius 1 is 1.42 bits per heavy atom. The van der Waals surface area contributed by atoms with E-state index in [-0.39, 0.29) is 17.3 Å². The highest BCUT2D eigenvalue weighted by Gasteiger charge is 2.24. The first-order valence-electron chi connectivity index (χ1n) is 5.60. The zero-order chi connectivity index (χ0) is 14.0. The van der Waals surface area contributed by atoms with Gasteiger partial charge in [0.25, 0.3) is 0 Å². The van der Waals surface area contributed by atoms with Crippen molar-refractivity contribution in [1.82, 2.24) is 19.5 Å². The van der Waals surface area contributed by atoms with Gasteiger partial charge in [-0.05, 0) is 19.1 Å². The van der Waals surface area contributed by atoms with Crippen LogP contribution in [0.2, 0.25) is 0 Å². The Labute approximate surface area is 111 Å². The number of hydrogen-bond acceptors (Lipinski definition) is 5. The van der Waals surface area contributed by atoms with Crippen molar-refractivity contribution < 1.29 is 8.42 Å². The number of hydrogen-bond donors (Lipinski definition) is 2. The number of rotatable bonds is 4. The summed E-state index contributed by atoms with van der Waals surface area (Å²) in [5.74, 6) is -0.00600. The molecule has 2 aromatic rings. The third-order valence-corrected chi connectivity index (χ3v) is 4.31. The van der Waals surface area contributed by atoms with Crippen LogP contribution in [0.25, 0.3) is 0 Å². The fourth-order valence-electron chi connectivity index (χ4n) is 1.69. The number of nitrogens with zero attached hydrogens (tertiary/aromatic N) is 3. The highest BCUT2D eigenvalue weighted by atomic mass is 32.2. The maximum absolute atomic E-state index is 12.2. The quantitative estimate of drug-likeness (QED) is 0.832. The van der Waals surface area contributed by atoms with Crippen LogP contribution in [0.3, 0.4) is 0 Å². The van der Waals surface area contributed by atoms with E-state index >= 15 is 0 Å². The van der Waals surface area contributed by atoms with Crippen LogP contribution < -0.4 is 10.5 Å². The molecule has 0 amide bonds. The van der Waals surface area contributed by atoms with E-state index in [1.165, 1.54) is 4.68 Å². The highest BCUT2D eigenvalue weighted by molar-refractivity contribution is 7.89. The Bertz CT molecular complexity index is 679. The van der Waals surface area contributed by atoms with Crippen LogP contribution >= 0.6 is 0 Å². The zero-order valence-corrected chi connectivity index (χ0v) is 11.5. The van der Waals surface area contributed by atoms with Gasteiger partial charge in [-0.1, -0.05) is 6.07 Å². The summed E-state index contributed by atoms with van der Waals surface area (Å²) >= 11 is 0. The zero-order valence-electron chi connectivity index (χ0n) is 10.7. The van der Waals surface area contributed by atoms with Crippen LogP contribution in [0.15, 0.2) is 29.3 Å². The standard InChI is InChI=1S/C11H15N5O2S/c1-8-10(11(12)15-16(8)2)19(17,18)14-7-9-5-3-4-6-13-9/h3-6,14H,7H2,1-2H3,(H2,12,15). The fraction of sp³-hybridized carbons (Fsp3) is 0.273. The summed E-state index contributed by atoms with van der Waals surface area (Å²) in [5, 5.41) is 3.89. The van der Waals surface area contributed by atoms with E-state index in [1.54, 1.807) is 38.4 Å². The molecular formula is C11H15N5O2S. The molecule has 0 fully saturated rings. The summed E-state index contributed by atoms with van der Waals surface area (Å²) in [7, 11) is -2.05. The monoisotopic (exact) mass is 281 g/mol. The minimum Gasteiger partial charge on any atom is -0.381 e. The second-order valence-electron chi connectivity index (χ2n) is 4.07. The van der Waals surface area contributed by atoms with Gasteiger partial charge in [0.15, 0.2) is 5.82 Å². The van der Waals surface area contributed by atoms with Crippen molar-refractivity contribution in [2.75, 3.05) is 5.73 Å². The average molecular weight is 281 g/mol. The molecule has 3 N–H and O–H groups in total. The lowest BCUT2D eigenvalue weighted by atomic mass is 10.4. The molecule has 0 saturated carbocycles. The molecule has 0 aliphatic heterocycles. The van der Waals surface area contributed by atoms with Gasteiger partial charge in [0, 0.05) is 13.2 Å². The Morgan fingerprint density at radius 3 is 2.68 bits per heavy atom. The highest BCUT2D eigenvalue weighted by Crippen LogP contribution is 2.20. The number of anilines is 1. The largest absolute Gasteiger partial charge is 0.381 e. The number of aryl methyl sites for hydroxylation is 1. The molecule has 2 rings (SSSR count). The summed E-state index contributed by atoms with van der Waals surface area (Å²) in [4.78, 5) is 4.07. The van der Waals surface area contributed by atoms with Crippen LogP contribution in [0, 0.1) is 6.92 Å². The molecular weight excluding hydrogens is 266 g/mol. The van der Waals surface area contributed by atoms with Gasteiger partial charge < -0.3 is 5.73 Å². The van der Waals surface area contributed by atoms with Crippen molar-refractivity contribution >= 4 is 15.8 Å². The molecule has 0 atom stereocenters. The first-order valence-corrected chi connectivity index (χ1v) is 7.09. The van der Waals surface area contributed by atoms with Gasteiger partial charge in [-0.3, -0.25) is 9.67 Å². The number of aromatic nitrogens is 3. The molecule has 0 aliphatic rings. The molecule has 0 aliphatic carbocycles. The number of nitrogens with one attached hydrogen (secondary N) is 1. The summed E-state index contributed by atoms with van der Waals surface area (Å²) in [6, 6.07) is 5.30. The average Bonchev–Trinajstić information content (AvgIpc) is 2.63. The van der Waals surface area contributed by atoms with Crippen molar-refractivity contribution in [3.8, 4) is 0 Å². The molecule has 0 saturated heterocycles. The second-order valence-corrected chi connectivity index (χ2v) is 5.77. The molecule has 0 unspecified atom stereocenters. The number of pyridine rings is 1. The third-order valence-electron chi connectivity index (χ3n) is 2.74. The van der Waals surface area contributed by atoms with Crippen molar-refractivity contribution in [2.45, 2.75) is 18.4 Å². The first kappa shape index (κ1) is 13.5. The van der Waals surface area contributed by atoms with E-state index in [9.17, 15) is 8.42 Å². The summed E-state index contributed by atoms with van der Waals surface area (Å²) < 4.78 is 28.3. The van der Waals surface area contributed by atoms with Crippen LogP contribution in [-0.4, -0.2) is 23.2 Å². The molecule has 0 spiro atoms. The van der Waals surface area contributed by atoms with E-state index in [4.69, 9.17) is 5.73 Å². The van der Waals surface area contributed by atoms with E-state index in [0.29, 0.717) is 11.4 Å². The first-order chi connectivity index (χ1) is 8.92. The molecule has 2 heterocycles. The van der Waals surface area contributed by atoms with Gasteiger partial charge in [0.1, 0.15) is 4.90 Å². The molecule has 7 nitrogen and oxygen atoms in total. The van der Waals surface area contributed by atoms with Crippen molar-refractivity contribution in [1.29, 1.82) is 0 Å². The normalized spacial score (nSPS) is 11.7. The Hall–Kier alpha value is -1.93. The number of sulfonamides is 1. The van der Waals surface area contributed by atoms with Crippen LogP contribution in [0.4, 0.5) is 5.82 Å². The van der Waals surface area contributed by atoms with Gasteiger partial charge in [0.05, 0.1) is 17.9 Å². The SMILES string of the molecule is Cc1c(S(=O)(=O)NCc2ccccn2)c(N)nn1C. The van der Waals surface area contributed by atoms with Crippen molar-refractivity contribution in [3.05, 3.63) is 35.8 Å². The lowest BCUT2D eigenvalue weighted by Gasteiger charge is -2.06. The maximum atomic E-state index is 12.2. The van der Waals surface area contributed by atoms with Gasteiger partial charge in [-0.15, -0.1) is 0 Å². The third kappa shape index (κ3) is 2.74. The van der Waals surface area contributed by atoms with E-state index in [0.717, 1.165) is 0 Å². The van der Waals surface area contributed by atoms with Crippen LogP contribution in [-0.2, 0) is 23.6 Å². The van der Waals surface area contributed by atoms with Gasteiger partial charge in [0.2, 0.25) is 10.0 Å². The molecule has 0 radical (unpaired) electrons. The Balaban J connectivity index is 2.24. The number of nitrogen functional groups attached to an aromatic ring is 1. The Morgan fingerprint density at radius 2 is 2.16 bits per heavy atom. The minimum atomic E-state index is -3.70. The fourth-order valence-corrected chi connectivity index (χ4v) is 3.01. The molecule has 8 heteroatoms. The Kier molecular flexibility index (Phi) is 3.54. The lowest BCUT2D eigenvalue weighted by Crippen LogP contribution is -2.24. The molecule has 2 aromatic heterocycles. The summed E-state index contributed by atoms with van der Waals surface area (Å²) in [6.45, 7) is 1.76. The van der Waals surface area contributed by atoms with Gasteiger partial charge in [-0.25, -0.2) is 13.1 Å². The molecule has 102 valence electrons. The summed E-state index contributed by atoms with van der Waals surface area (Å²) in [5.41, 5.74) is 6.75. The second kappa shape index (κ2) is 4.98. The van der Waals surface area contributed by atoms with Crippen LogP contribution in [0.5, 0.6) is 0 Å². The molecule has 0 bridgehead atoms. The maximum Gasteiger partial charge on any atom is 0.246 e. The lowest BCUT2D eigenvalue weighted by molar-refractivity contribution is 0.579. The van der Waals surface area contributed by atoms with Crippen LogP contribution in [0.1, 0.15) is 11.4 Å². The predicted molar refractivity (Wildman–Crippen MR) is 70.6 cm³/mol. The van der Waals surface area contributed by atoms with Crippen molar-refractivity contribution in [2.24, 2.45) is 7.05 Å². The van der Waals surface area contributed by atoms with Crippen molar-refractivity contribution in [3.63, 3.8) is 0 Å². The summed E-state index contributed by atoms with van der Waals surface area (Å²) in [6.07, 6.45) is 1.60. The van der Waals surface area contributed by atoms with E-state index in [2.05, 4.69) is 14.8 Å².